The second-order valence-corrected chi connectivity index (χ2v) is 12.2. The fourth-order valence-corrected chi connectivity index (χ4v) is 5.21. The van der Waals surface area contributed by atoms with Gasteiger partial charge in [-0.25, -0.2) is 4.79 Å². The molecule has 0 aliphatic carbocycles. The molecule has 5 nitrogen and oxygen atoms in total. The Morgan fingerprint density at radius 2 is 1.09 bits per heavy atom. The minimum atomic E-state index is -0.254. The topological polar surface area (TPSA) is 57.1 Å². The van der Waals surface area contributed by atoms with E-state index in [9.17, 15) is 4.79 Å². The van der Waals surface area contributed by atoms with Gasteiger partial charge in [-0.1, -0.05) is 116 Å². The highest BCUT2D eigenvalue weighted by Gasteiger charge is 2.07. The van der Waals surface area contributed by atoms with Gasteiger partial charge in [0.2, 0.25) is 0 Å². The van der Waals surface area contributed by atoms with E-state index in [0.717, 1.165) is 60.6 Å². The van der Waals surface area contributed by atoms with Crippen molar-refractivity contribution in [2.75, 3.05) is 13.2 Å². The fraction of sp³-hybridized carbons (Fsp3) is 0.512. The van der Waals surface area contributed by atoms with E-state index in [2.05, 4.69) is 18.8 Å². The van der Waals surface area contributed by atoms with E-state index in [-0.39, 0.29) is 5.97 Å². The third kappa shape index (κ3) is 16.1. The number of ether oxygens (including phenoxy) is 3. The van der Waals surface area contributed by atoms with E-state index >= 15 is 0 Å². The number of esters is 1. The molecule has 0 radical (unpaired) electrons. The minimum absolute atomic E-state index is 0.254. The first-order valence-electron chi connectivity index (χ1n) is 17.9. The molecular formula is C41H57NO4. The number of unbranched alkanes of at least 4 members (excludes halogenated alkanes) is 14. The summed E-state index contributed by atoms with van der Waals surface area (Å²) in [6.45, 7) is 6.08. The van der Waals surface area contributed by atoms with Gasteiger partial charge in [-0.3, -0.25) is 4.99 Å². The van der Waals surface area contributed by atoms with Gasteiger partial charge in [0.1, 0.15) is 18.1 Å². The molecule has 3 aromatic rings. The molecule has 0 bridgehead atoms. The number of benzene rings is 3. The quantitative estimate of drug-likeness (QED) is 0.0533. The standard InChI is InChI=1S/C41H57NO4/c1-3-5-7-8-9-10-11-12-13-14-15-16-17-18-32-45-41(43)37-23-19-36(20-24-37)34-46-40-27-21-35(22-28-40)33-42-38-25-29-39(30-26-38)44-31-6-4-2/h19-30,33H,3-18,31-32,34H2,1-2H3. The predicted octanol–water partition coefficient (Wildman–Crippen LogP) is 11.8. The number of nitrogens with zero attached hydrogens (tertiary/aromatic N) is 1. The Labute approximate surface area is 278 Å². The van der Waals surface area contributed by atoms with Crippen molar-refractivity contribution in [2.45, 2.75) is 123 Å². The Balaban J connectivity index is 1.23. The van der Waals surface area contributed by atoms with E-state index in [1.54, 1.807) is 0 Å². The summed E-state index contributed by atoms with van der Waals surface area (Å²) in [6.07, 6.45) is 22.4. The van der Waals surface area contributed by atoms with Gasteiger partial charge >= 0.3 is 5.97 Å². The van der Waals surface area contributed by atoms with Gasteiger partial charge in [-0.2, -0.15) is 0 Å². The summed E-state index contributed by atoms with van der Waals surface area (Å²) in [5.74, 6) is 1.40. The molecule has 46 heavy (non-hydrogen) atoms. The average molecular weight is 628 g/mol. The van der Waals surface area contributed by atoms with E-state index in [0.29, 0.717) is 18.8 Å². The van der Waals surface area contributed by atoms with Crippen LogP contribution in [0.15, 0.2) is 77.8 Å². The zero-order valence-electron chi connectivity index (χ0n) is 28.5. The maximum Gasteiger partial charge on any atom is 0.338 e. The third-order valence-electron chi connectivity index (χ3n) is 8.17. The normalized spacial score (nSPS) is 11.2. The van der Waals surface area contributed by atoms with Crippen molar-refractivity contribution in [1.82, 2.24) is 0 Å². The van der Waals surface area contributed by atoms with Gasteiger partial charge in [-0.05, 0) is 84.6 Å². The molecule has 250 valence electrons. The molecule has 0 N–H and O–H groups in total. The van der Waals surface area contributed by atoms with E-state index in [4.69, 9.17) is 14.2 Å². The van der Waals surface area contributed by atoms with Crippen molar-refractivity contribution in [3.8, 4) is 11.5 Å². The highest BCUT2D eigenvalue weighted by Crippen LogP contribution is 2.20. The van der Waals surface area contributed by atoms with E-state index in [1.807, 2.05) is 79.0 Å². The Hall–Kier alpha value is -3.60. The summed E-state index contributed by atoms with van der Waals surface area (Å²) in [6, 6.07) is 23.1. The van der Waals surface area contributed by atoms with Crippen molar-refractivity contribution in [3.05, 3.63) is 89.5 Å². The van der Waals surface area contributed by atoms with Crippen LogP contribution in [0.5, 0.6) is 11.5 Å². The Morgan fingerprint density at radius 3 is 1.67 bits per heavy atom. The molecule has 0 saturated carbocycles. The molecule has 0 heterocycles. The number of aliphatic imine (C=N–C) groups is 1. The van der Waals surface area contributed by atoms with Crippen molar-refractivity contribution < 1.29 is 19.0 Å². The third-order valence-corrected chi connectivity index (χ3v) is 8.17. The molecule has 0 saturated heterocycles. The Kier molecular flexibility index (Phi) is 19.0. The Morgan fingerprint density at radius 1 is 0.565 bits per heavy atom. The lowest BCUT2D eigenvalue weighted by Gasteiger charge is -2.08. The first-order chi connectivity index (χ1) is 22.7. The second-order valence-electron chi connectivity index (χ2n) is 12.2. The molecule has 0 atom stereocenters. The van der Waals surface area contributed by atoms with Crippen molar-refractivity contribution >= 4 is 17.9 Å². The fourth-order valence-electron chi connectivity index (χ4n) is 5.21. The largest absolute Gasteiger partial charge is 0.494 e. The molecular weight excluding hydrogens is 570 g/mol. The van der Waals surface area contributed by atoms with Crippen molar-refractivity contribution in [2.24, 2.45) is 4.99 Å². The van der Waals surface area contributed by atoms with Gasteiger partial charge in [0, 0.05) is 6.21 Å². The van der Waals surface area contributed by atoms with Crippen LogP contribution in [-0.4, -0.2) is 25.4 Å². The smallest absolute Gasteiger partial charge is 0.338 e. The van der Waals surface area contributed by atoms with Gasteiger partial charge in [0.25, 0.3) is 0 Å². The van der Waals surface area contributed by atoms with Crippen LogP contribution in [0, 0.1) is 0 Å². The molecule has 0 aromatic heterocycles. The Bertz CT molecular complexity index is 1220. The van der Waals surface area contributed by atoms with Crippen LogP contribution in [0.2, 0.25) is 0 Å². The van der Waals surface area contributed by atoms with E-state index in [1.165, 1.54) is 77.0 Å². The highest BCUT2D eigenvalue weighted by molar-refractivity contribution is 5.89. The summed E-state index contributed by atoms with van der Waals surface area (Å²) in [5, 5.41) is 0. The number of carbonyl (C=O) groups is 1. The van der Waals surface area contributed by atoms with Crippen LogP contribution in [-0.2, 0) is 11.3 Å². The van der Waals surface area contributed by atoms with Crippen LogP contribution >= 0.6 is 0 Å². The number of carbonyl (C=O) groups excluding carboxylic acids is 1. The van der Waals surface area contributed by atoms with Crippen LogP contribution in [0.3, 0.4) is 0 Å². The van der Waals surface area contributed by atoms with Gasteiger partial charge in [0.15, 0.2) is 0 Å². The molecule has 3 rings (SSSR count). The zero-order valence-corrected chi connectivity index (χ0v) is 28.5. The lowest BCUT2D eigenvalue weighted by molar-refractivity contribution is 0.0497. The SMILES string of the molecule is CCCCCCCCCCCCCCCCOC(=O)c1ccc(COc2ccc(C=Nc3ccc(OCCCC)cc3)cc2)cc1. The van der Waals surface area contributed by atoms with Gasteiger partial charge in [0.05, 0.1) is 24.5 Å². The lowest BCUT2D eigenvalue weighted by Crippen LogP contribution is -2.06. The second kappa shape index (κ2) is 23.7. The summed E-state index contributed by atoms with van der Waals surface area (Å²) < 4.78 is 17.2. The molecule has 5 heteroatoms. The minimum Gasteiger partial charge on any atom is -0.494 e. The summed E-state index contributed by atoms with van der Waals surface area (Å²) >= 11 is 0. The summed E-state index contributed by atoms with van der Waals surface area (Å²) in [7, 11) is 0. The van der Waals surface area contributed by atoms with Crippen LogP contribution in [0.4, 0.5) is 5.69 Å². The van der Waals surface area contributed by atoms with E-state index < -0.39 is 0 Å². The lowest BCUT2D eigenvalue weighted by atomic mass is 10.0. The summed E-state index contributed by atoms with van der Waals surface area (Å²) in [5.41, 5.74) is 3.45. The van der Waals surface area contributed by atoms with Crippen LogP contribution < -0.4 is 9.47 Å². The van der Waals surface area contributed by atoms with Gasteiger partial charge in [-0.15, -0.1) is 0 Å². The van der Waals surface area contributed by atoms with Crippen molar-refractivity contribution in [1.29, 1.82) is 0 Å². The number of hydrogen-bond acceptors (Lipinski definition) is 5. The number of hydrogen-bond donors (Lipinski definition) is 0. The predicted molar refractivity (Wildman–Crippen MR) is 192 cm³/mol. The zero-order chi connectivity index (χ0) is 32.5. The maximum absolute atomic E-state index is 12.4. The maximum atomic E-state index is 12.4. The molecule has 0 spiro atoms. The van der Waals surface area contributed by atoms with Crippen molar-refractivity contribution in [3.63, 3.8) is 0 Å². The first kappa shape index (κ1) is 36.9. The van der Waals surface area contributed by atoms with Crippen LogP contribution in [0.1, 0.15) is 138 Å². The first-order valence-corrected chi connectivity index (χ1v) is 17.9. The molecule has 0 aliphatic heterocycles. The molecule has 0 aliphatic rings. The highest BCUT2D eigenvalue weighted by atomic mass is 16.5. The van der Waals surface area contributed by atoms with Gasteiger partial charge < -0.3 is 14.2 Å². The average Bonchev–Trinajstić information content (AvgIpc) is 3.09. The monoisotopic (exact) mass is 627 g/mol. The molecule has 3 aromatic carbocycles. The summed E-state index contributed by atoms with van der Waals surface area (Å²) in [4.78, 5) is 17.0. The van der Waals surface area contributed by atoms with Crippen LogP contribution in [0.25, 0.3) is 0 Å². The number of rotatable bonds is 25. The molecule has 0 unspecified atom stereocenters. The molecule has 0 fully saturated rings. The molecule has 0 amide bonds.